The van der Waals surface area contributed by atoms with E-state index in [2.05, 4.69) is 35.3 Å². The summed E-state index contributed by atoms with van der Waals surface area (Å²) in [5, 5.41) is 16.8. The highest BCUT2D eigenvalue weighted by Gasteiger charge is 2.37. The smallest absolute Gasteiger partial charge is 0.243 e. The summed E-state index contributed by atoms with van der Waals surface area (Å²) in [6, 6.07) is 2.26. The summed E-state index contributed by atoms with van der Waals surface area (Å²) in [5.74, 6) is 1.00. The molecule has 0 unspecified atom stereocenters. The van der Waals surface area contributed by atoms with Crippen molar-refractivity contribution in [2.24, 2.45) is 11.7 Å². The van der Waals surface area contributed by atoms with E-state index in [4.69, 9.17) is 10.5 Å². The summed E-state index contributed by atoms with van der Waals surface area (Å²) in [6.45, 7) is 2.13. The Morgan fingerprint density at radius 2 is 2.43 bits per heavy atom. The highest BCUT2D eigenvalue weighted by atomic mass is 16.5. The third-order valence-electron chi connectivity index (χ3n) is 4.28. The molecule has 0 spiro atoms. The number of allylic oxidation sites excluding steroid dienone is 3. The summed E-state index contributed by atoms with van der Waals surface area (Å²) >= 11 is 0. The van der Waals surface area contributed by atoms with Gasteiger partial charge in [-0.05, 0) is 31.6 Å². The Hall–Kier alpha value is -2.22. The van der Waals surface area contributed by atoms with Crippen LogP contribution in [-0.2, 0) is 6.42 Å². The Morgan fingerprint density at radius 1 is 1.57 bits per heavy atom. The molecule has 2 atom stereocenters. The molecule has 110 valence electrons. The van der Waals surface area contributed by atoms with Gasteiger partial charge in [0.2, 0.25) is 11.8 Å². The third-order valence-corrected chi connectivity index (χ3v) is 4.28. The van der Waals surface area contributed by atoms with Crippen LogP contribution >= 0.6 is 0 Å². The van der Waals surface area contributed by atoms with Crippen LogP contribution in [0.4, 0.5) is 0 Å². The molecule has 0 radical (unpaired) electrons. The largest absolute Gasteiger partial charge is 0.420 e. The number of hydrogen-bond donors (Lipinski definition) is 2. The van der Waals surface area contributed by atoms with E-state index in [-0.39, 0.29) is 11.8 Å². The van der Waals surface area contributed by atoms with Crippen LogP contribution in [0.3, 0.4) is 0 Å². The molecule has 1 aliphatic heterocycles. The molecule has 0 saturated carbocycles. The number of nitrogens with zero attached hydrogens (tertiary/aromatic N) is 2. The average molecular weight is 284 g/mol. The number of nitriles is 1. The van der Waals surface area contributed by atoms with Crippen molar-refractivity contribution in [1.82, 2.24) is 10.2 Å². The molecule has 5 nitrogen and oxygen atoms in total. The second kappa shape index (κ2) is 5.65. The summed E-state index contributed by atoms with van der Waals surface area (Å²) < 4.78 is 5.55. The molecule has 1 aliphatic carbocycles. The summed E-state index contributed by atoms with van der Waals surface area (Å²) in [4.78, 5) is 0. The predicted molar refractivity (Wildman–Crippen MR) is 79.3 cm³/mol. The van der Waals surface area contributed by atoms with Gasteiger partial charge >= 0.3 is 0 Å². The average Bonchev–Trinajstić information content (AvgIpc) is 2.89. The van der Waals surface area contributed by atoms with Crippen molar-refractivity contribution in [2.75, 3.05) is 0 Å². The van der Waals surface area contributed by atoms with Crippen LogP contribution in [0.25, 0.3) is 0 Å². The second-order valence-corrected chi connectivity index (χ2v) is 5.66. The van der Waals surface area contributed by atoms with Gasteiger partial charge in [-0.1, -0.05) is 25.5 Å². The van der Waals surface area contributed by atoms with Crippen molar-refractivity contribution < 1.29 is 4.74 Å². The SMILES string of the molecule is CCCc1[nH]nc2c1[C@@H]([C@H]1C=CCCC1)C(C#N)=C(N)O2. The molecule has 2 aliphatic rings. The second-order valence-electron chi connectivity index (χ2n) is 5.66. The number of hydrogen-bond acceptors (Lipinski definition) is 4. The molecular formula is C16H20N4O. The molecule has 0 bridgehead atoms. The van der Waals surface area contributed by atoms with Gasteiger partial charge in [0.05, 0.1) is 5.57 Å². The highest BCUT2D eigenvalue weighted by molar-refractivity contribution is 5.50. The number of nitrogens with two attached hydrogens (primary N) is 1. The van der Waals surface area contributed by atoms with Crippen molar-refractivity contribution in [2.45, 2.75) is 44.9 Å². The van der Waals surface area contributed by atoms with Gasteiger partial charge in [0.15, 0.2) is 0 Å². The van der Waals surface area contributed by atoms with Gasteiger partial charge < -0.3 is 10.5 Å². The minimum Gasteiger partial charge on any atom is -0.420 e. The van der Waals surface area contributed by atoms with Crippen LogP contribution in [-0.4, -0.2) is 10.2 Å². The molecule has 1 aromatic rings. The molecule has 0 saturated heterocycles. The maximum absolute atomic E-state index is 9.52. The van der Waals surface area contributed by atoms with Crippen molar-refractivity contribution in [3.63, 3.8) is 0 Å². The van der Waals surface area contributed by atoms with Crippen LogP contribution in [0.15, 0.2) is 23.6 Å². The molecule has 21 heavy (non-hydrogen) atoms. The number of ether oxygens (including phenoxy) is 1. The van der Waals surface area contributed by atoms with Crippen LogP contribution in [0, 0.1) is 17.2 Å². The van der Waals surface area contributed by atoms with Gasteiger partial charge in [-0.3, -0.25) is 5.10 Å². The van der Waals surface area contributed by atoms with Crippen molar-refractivity contribution >= 4 is 0 Å². The van der Waals surface area contributed by atoms with Crippen LogP contribution in [0.2, 0.25) is 0 Å². The van der Waals surface area contributed by atoms with E-state index < -0.39 is 0 Å². The van der Waals surface area contributed by atoms with Crippen molar-refractivity contribution in [3.05, 3.63) is 34.9 Å². The molecule has 0 amide bonds. The quantitative estimate of drug-likeness (QED) is 0.835. The van der Waals surface area contributed by atoms with Gasteiger partial charge in [0.25, 0.3) is 0 Å². The minimum atomic E-state index is -0.0319. The predicted octanol–water partition coefficient (Wildman–Crippen LogP) is 2.89. The van der Waals surface area contributed by atoms with Crippen LogP contribution in [0.5, 0.6) is 5.88 Å². The summed E-state index contributed by atoms with van der Waals surface area (Å²) in [6.07, 6.45) is 9.66. The molecule has 2 heterocycles. The summed E-state index contributed by atoms with van der Waals surface area (Å²) in [5.41, 5.74) is 8.57. The van der Waals surface area contributed by atoms with Crippen molar-refractivity contribution in [1.29, 1.82) is 5.26 Å². The fourth-order valence-electron chi connectivity index (χ4n) is 3.33. The van der Waals surface area contributed by atoms with E-state index in [1.165, 1.54) is 0 Å². The minimum absolute atomic E-state index is 0.0319. The van der Waals surface area contributed by atoms with E-state index in [0.717, 1.165) is 43.4 Å². The first-order valence-electron chi connectivity index (χ1n) is 7.57. The fourth-order valence-corrected chi connectivity index (χ4v) is 3.33. The zero-order chi connectivity index (χ0) is 14.8. The first-order valence-corrected chi connectivity index (χ1v) is 7.57. The number of aromatic nitrogens is 2. The molecule has 0 aromatic carbocycles. The molecule has 3 rings (SSSR count). The van der Waals surface area contributed by atoms with E-state index in [9.17, 15) is 5.26 Å². The number of aryl methyl sites for hydroxylation is 1. The maximum atomic E-state index is 9.52. The van der Waals surface area contributed by atoms with E-state index in [1.807, 2.05) is 0 Å². The van der Waals surface area contributed by atoms with E-state index in [1.54, 1.807) is 0 Å². The fraction of sp³-hybridized carbons (Fsp3) is 0.500. The maximum Gasteiger partial charge on any atom is 0.243 e. The van der Waals surface area contributed by atoms with Gasteiger partial charge in [-0.25, -0.2) is 0 Å². The standard InChI is InChI=1S/C16H20N4O/c1-2-6-12-14-13(10-7-4-3-5-8-10)11(9-17)15(18)21-16(14)20-19-12/h4,7,10,13H,2-3,5-6,8,18H2,1H3,(H,19,20)/t10-,13-/m0/s1. The third kappa shape index (κ3) is 2.31. The van der Waals surface area contributed by atoms with Crippen LogP contribution < -0.4 is 10.5 Å². The van der Waals surface area contributed by atoms with E-state index in [0.29, 0.717) is 17.4 Å². The Labute approximate surface area is 124 Å². The number of H-pyrrole nitrogens is 1. The number of fused-ring (bicyclic) bond motifs is 1. The molecular weight excluding hydrogens is 264 g/mol. The Morgan fingerprint density at radius 3 is 3.10 bits per heavy atom. The van der Waals surface area contributed by atoms with Crippen LogP contribution in [0.1, 0.15) is 49.8 Å². The lowest BCUT2D eigenvalue weighted by atomic mass is 9.75. The lowest BCUT2D eigenvalue weighted by molar-refractivity contribution is 0.354. The lowest BCUT2D eigenvalue weighted by Crippen LogP contribution is -2.25. The number of aromatic amines is 1. The topological polar surface area (TPSA) is 87.7 Å². The molecule has 5 heteroatoms. The summed E-state index contributed by atoms with van der Waals surface area (Å²) in [7, 11) is 0. The highest BCUT2D eigenvalue weighted by Crippen LogP contribution is 2.46. The Balaban J connectivity index is 2.09. The zero-order valence-corrected chi connectivity index (χ0v) is 12.2. The monoisotopic (exact) mass is 284 g/mol. The van der Waals surface area contributed by atoms with Gasteiger partial charge in [-0.2, -0.15) is 5.26 Å². The number of rotatable bonds is 3. The van der Waals surface area contributed by atoms with Gasteiger partial charge in [0.1, 0.15) is 6.07 Å². The first kappa shape index (κ1) is 13.7. The molecule has 3 N–H and O–H groups in total. The molecule has 0 fully saturated rings. The lowest BCUT2D eigenvalue weighted by Gasteiger charge is -2.30. The molecule has 1 aromatic heterocycles. The Bertz CT molecular complexity index is 635. The number of nitrogens with one attached hydrogen (secondary N) is 1. The first-order chi connectivity index (χ1) is 10.3. The Kier molecular flexibility index (Phi) is 3.70. The van der Waals surface area contributed by atoms with Gasteiger partial charge in [-0.15, -0.1) is 5.10 Å². The van der Waals surface area contributed by atoms with Gasteiger partial charge in [0, 0.05) is 17.2 Å². The van der Waals surface area contributed by atoms with Crippen molar-refractivity contribution in [3.8, 4) is 11.9 Å². The normalized spacial score (nSPS) is 24.4. The zero-order valence-electron chi connectivity index (χ0n) is 12.2. The van der Waals surface area contributed by atoms with E-state index >= 15 is 0 Å².